The smallest absolute Gasteiger partial charge is 0.264 e. The van der Waals surface area contributed by atoms with Crippen LogP contribution in [0.3, 0.4) is 0 Å². The van der Waals surface area contributed by atoms with Crippen molar-refractivity contribution >= 4 is 47.1 Å². The minimum absolute atomic E-state index is 0.00260. The summed E-state index contributed by atoms with van der Waals surface area (Å²) < 4.78 is 6.16. The van der Waals surface area contributed by atoms with Crippen LogP contribution in [0.4, 0.5) is 11.6 Å². The van der Waals surface area contributed by atoms with Crippen LogP contribution in [0.1, 0.15) is 5.56 Å². The molecule has 0 saturated carbocycles. The zero-order valence-electron chi connectivity index (χ0n) is 15.7. The van der Waals surface area contributed by atoms with Gasteiger partial charge in [0, 0.05) is 0 Å². The number of hydrazone groups is 1. The SMILES string of the molecule is COc1ccc(/C=N/Nc2nnc(SCC(=O)Nc3ccccc3Cl)n2N)cc1O. The van der Waals surface area contributed by atoms with E-state index in [1.54, 1.807) is 36.4 Å². The van der Waals surface area contributed by atoms with Gasteiger partial charge in [0.05, 0.1) is 29.8 Å². The van der Waals surface area contributed by atoms with Gasteiger partial charge in [-0.05, 0) is 35.9 Å². The Bertz CT molecular complexity index is 1070. The van der Waals surface area contributed by atoms with Crippen LogP contribution in [0.25, 0.3) is 0 Å². The zero-order chi connectivity index (χ0) is 21.5. The molecule has 0 bridgehead atoms. The molecule has 1 aromatic heterocycles. The molecule has 0 unspecified atom stereocenters. The van der Waals surface area contributed by atoms with E-state index in [1.165, 1.54) is 24.1 Å². The van der Waals surface area contributed by atoms with E-state index in [0.717, 1.165) is 11.8 Å². The lowest BCUT2D eigenvalue weighted by molar-refractivity contribution is -0.113. The number of hydrogen-bond acceptors (Lipinski definition) is 9. The van der Waals surface area contributed by atoms with Crippen LogP contribution in [0.15, 0.2) is 52.7 Å². The second-order valence-corrected chi connectivity index (χ2v) is 7.14. The summed E-state index contributed by atoms with van der Waals surface area (Å²) in [5.41, 5.74) is 3.82. The van der Waals surface area contributed by atoms with Crippen LogP contribution in [0, 0.1) is 0 Å². The lowest BCUT2D eigenvalue weighted by Gasteiger charge is -2.06. The third-order valence-electron chi connectivity index (χ3n) is 3.73. The molecule has 10 nitrogen and oxygen atoms in total. The largest absolute Gasteiger partial charge is 0.504 e. The lowest BCUT2D eigenvalue weighted by Crippen LogP contribution is -2.17. The highest BCUT2D eigenvalue weighted by Gasteiger charge is 2.12. The molecule has 0 atom stereocenters. The minimum atomic E-state index is -0.261. The first-order chi connectivity index (χ1) is 14.5. The number of ether oxygens (including phenoxy) is 1. The van der Waals surface area contributed by atoms with E-state index in [0.29, 0.717) is 27.2 Å². The first-order valence-electron chi connectivity index (χ1n) is 8.51. The number of benzene rings is 2. The number of nitrogens with zero attached hydrogens (tertiary/aromatic N) is 4. The van der Waals surface area contributed by atoms with Crippen molar-refractivity contribution in [2.45, 2.75) is 5.16 Å². The number of phenols is 1. The van der Waals surface area contributed by atoms with E-state index >= 15 is 0 Å². The van der Waals surface area contributed by atoms with Crippen LogP contribution in [0.5, 0.6) is 11.5 Å². The Kier molecular flexibility index (Phi) is 6.99. The first kappa shape index (κ1) is 21.3. The Morgan fingerprint density at radius 1 is 1.37 bits per heavy atom. The fourth-order valence-corrected chi connectivity index (χ4v) is 3.12. The van der Waals surface area contributed by atoms with Crippen LogP contribution in [0.2, 0.25) is 5.02 Å². The van der Waals surface area contributed by atoms with Crippen molar-refractivity contribution in [3.05, 3.63) is 53.1 Å². The van der Waals surface area contributed by atoms with Gasteiger partial charge in [0.25, 0.3) is 5.95 Å². The molecule has 0 aliphatic rings. The average Bonchev–Trinajstić information content (AvgIpc) is 3.08. The highest BCUT2D eigenvalue weighted by molar-refractivity contribution is 7.99. The molecule has 0 spiro atoms. The van der Waals surface area contributed by atoms with Crippen LogP contribution < -0.4 is 21.3 Å². The number of carbonyl (C=O) groups excluding carboxylic acids is 1. The number of hydrogen-bond donors (Lipinski definition) is 4. The third kappa shape index (κ3) is 5.33. The van der Waals surface area contributed by atoms with Crippen molar-refractivity contribution in [1.82, 2.24) is 14.9 Å². The molecule has 3 rings (SSSR count). The van der Waals surface area contributed by atoms with Gasteiger partial charge in [-0.1, -0.05) is 35.5 Å². The second kappa shape index (κ2) is 9.85. The monoisotopic (exact) mass is 447 g/mol. The number of aromatic hydroxyl groups is 1. The average molecular weight is 448 g/mol. The normalized spacial score (nSPS) is 10.9. The molecule has 1 amide bonds. The molecule has 0 fully saturated rings. The number of para-hydroxylation sites is 1. The summed E-state index contributed by atoms with van der Waals surface area (Å²) in [5, 5.41) is 25.1. The van der Waals surface area contributed by atoms with E-state index in [2.05, 4.69) is 26.0 Å². The molecular formula is C18H18ClN7O3S. The molecule has 0 aliphatic heterocycles. The van der Waals surface area contributed by atoms with Gasteiger partial charge in [0.2, 0.25) is 11.1 Å². The predicted octanol–water partition coefficient (Wildman–Crippen LogP) is 2.54. The van der Waals surface area contributed by atoms with Gasteiger partial charge in [0.15, 0.2) is 11.5 Å². The maximum atomic E-state index is 12.1. The first-order valence-corrected chi connectivity index (χ1v) is 9.88. The number of anilines is 2. The van der Waals surface area contributed by atoms with E-state index < -0.39 is 0 Å². The summed E-state index contributed by atoms with van der Waals surface area (Å²) in [4.78, 5) is 12.1. The number of thioether (sulfide) groups is 1. The van der Waals surface area contributed by atoms with Crippen molar-refractivity contribution in [3.63, 3.8) is 0 Å². The number of rotatable bonds is 8. The summed E-state index contributed by atoms with van der Waals surface area (Å²) in [6, 6.07) is 11.8. The topological polar surface area (TPSA) is 140 Å². The Morgan fingerprint density at radius 3 is 2.90 bits per heavy atom. The summed E-state index contributed by atoms with van der Waals surface area (Å²) in [6.07, 6.45) is 1.47. The van der Waals surface area contributed by atoms with Crippen molar-refractivity contribution in [3.8, 4) is 11.5 Å². The molecule has 0 aliphatic carbocycles. The highest BCUT2D eigenvalue weighted by Crippen LogP contribution is 2.25. The number of nitrogens with two attached hydrogens (primary N) is 1. The fraction of sp³-hybridized carbons (Fsp3) is 0.111. The molecule has 0 radical (unpaired) electrons. The predicted molar refractivity (Wildman–Crippen MR) is 117 cm³/mol. The molecule has 3 aromatic rings. The number of methoxy groups -OCH3 is 1. The van der Waals surface area contributed by atoms with E-state index in [9.17, 15) is 9.90 Å². The Labute approximate surface area is 181 Å². The second-order valence-electron chi connectivity index (χ2n) is 5.79. The molecule has 0 saturated heterocycles. The number of amides is 1. The number of phenolic OH excluding ortho intramolecular Hbond substituents is 1. The molecule has 1 heterocycles. The summed E-state index contributed by atoms with van der Waals surface area (Å²) in [6.45, 7) is 0. The maximum Gasteiger partial charge on any atom is 0.264 e. The fourth-order valence-electron chi connectivity index (χ4n) is 2.28. The van der Waals surface area contributed by atoms with Gasteiger partial charge >= 0.3 is 0 Å². The lowest BCUT2D eigenvalue weighted by atomic mass is 10.2. The van der Waals surface area contributed by atoms with Crippen molar-refractivity contribution in [2.24, 2.45) is 5.10 Å². The number of aromatic nitrogens is 3. The number of carbonyl (C=O) groups is 1. The van der Waals surface area contributed by atoms with E-state index in [1.807, 2.05) is 0 Å². The maximum absolute atomic E-state index is 12.1. The summed E-state index contributed by atoms with van der Waals surface area (Å²) in [5.74, 6) is 6.28. The highest BCUT2D eigenvalue weighted by atomic mass is 35.5. The summed E-state index contributed by atoms with van der Waals surface area (Å²) in [7, 11) is 1.47. The summed E-state index contributed by atoms with van der Waals surface area (Å²) >= 11 is 7.13. The van der Waals surface area contributed by atoms with Crippen molar-refractivity contribution < 1.29 is 14.6 Å². The standard InChI is InChI=1S/C18H18ClN7O3S/c1-29-15-7-6-11(8-14(15)27)9-21-23-17-24-25-18(26(17)20)30-10-16(28)22-13-5-3-2-4-12(13)19/h2-9,27H,10,20H2,1H3,(H,22,28)(H,23,24)/b21-9+. The number of nitrogens with one attached hydrogen (secondary N) is 2. The van der Waals surface area contributed by atoms with Gasteiger partial charge in [0.1, 0.15) is 0 Å². The minimum Gasteiger partial charge on any atom is -0.504 e. The van der Waals surface area contributed by atoms with Crippen molar-refractivity contribution in [2.75, 3.05) is 29.4 Å². The van der Waals surface area contributed by atoms with Crippen LogP contribution in [-0.2, 0) is 4.79 Å². The van der Waals surface area contributed by atoms with E-state index in [-0.39, 0.29) is 23.4 Å². The zero-order valence-corrected chi connectivity index (χ0v) is 17.3. The molecule has 156 valence electrons. The molecule has 30 heavy (non-hydrogen) atoms. The van der Waals surface area contributed by atoms with Gasteiger partial charge in [-0.3, -0.25) is 4.79 Å². The van der Waals surface area contributed by atoms with Crippen LogP contribution >= 0.6 is 23.4 Å². The Morgan fingerprint density at radius 2 is 2.17 bits per heavy atom. The number of nitrogen functional groups attached to an aromatic ring is 1. The molecular weight excluding hydrogens is 430 g/mol. The Balaban J connectivity index is 1.54. The molecule has 5 N–H and O–H groups in total. The van der Waals surface area contributed by atoms with E-state index in [4.69, 9.17) is 22.2 Å². The van der Waals surface area contributed by atoms with Crippen molar-refractivity contribution in [1.29, 1.82) is 0 Å². The van der Waals surface area contributed by atoms with Crippen LogP contribution in [-0.4, -0.2) is 45.0 Å². The van der Waals surface area contributed by atoms with Gasteiger partial charge in [-0.25, -0.2) is 10.1 Å². The van der Waals surface area contributed by atoms with Gasteiger partial charge < -0.3 is 21.0 Å². The third-order valence-corrected chi connectivity index (χ3v) is 5.00. The number of halogens is 1. The Hall–Kier alpha value is -3.44. The quantitative estimate of drug-likeness (QED) is 0.179. The molecule has 2 aromatic carbocycles. The molecule has 12 heteroatoms. The van der Waals surface area contributed by atoms with Gasteiger partial charge in [-0.15, -0.1) is 10.2 Å². The van der Waals surface area contributed by atoms with Gasteiger partial charge in [-0.2, -0.15) is 5.10 Å².